The lowest BCUT2D eigenvalue weighted by atomic mass is 10.2. The molecule has 2 rings (SSSR count). The maximum atomic E-state index is 13.7. The molecule has 1 aromatic heterocycles. The second-order valence-corrected chi connectivity index (χ2v) is 5.99. The zero-order valence-electron chi connectivity index (χ0n) is 10.3. The number of hydrogen-bond acceptors (Lipinski definition) is 2. The molecule has 0 bridgehead atoms. The van der Waals surface area contributed by atoms with Crippen molar-refractivity contribution in [1.82, 2.24) is 5.32 Å². The normalized spacial score (nSPS) is 12.7. The molecule has 0 aliphatic carbocycles. The predicted octanol–water partition coefficient (Wildman–Crippen LogP) is 4.70. The molecule has 1 nitrogen and oxygen atoms in total. The quantitative estimate of drug-likeness (QED) is 0.858. The molecule has 1 aromatic carbocycles. The summed E-state index contributed by atoms with van der Waals surface area (Å²) in [7, 11) is 0. The van der Waals surface area contributed by atoms with Gasteiger partial charge in [0.2, 0.25) is 0 Å². The maximum absolute atomic E-state index is 13.7. The third-order valence-corrected chi connectivity index (χ3v) is 4.29. The molecule has 1 atom stereocenters. The monoisotopic (exact) mass is 283 g/mol. The summed E-state index contributed by atoms with van der Waals surface area (Å²) >= 11 is 7.50. The van der Waals surface area contributed by atoms with Crippen LogP contribution in [0.4, 0.5) is 4.39 Å². The molecule has 0 fully saturated rings. The molecule has 0 spiro atoms. The summed E-state index contributed by atoms with van der Waals surface area (Å²) in [5.41, 5.74) is 0.600. The van der Waals surface area contributed by atoms with Crippen LogP contribution in [-0.4, -0.2) is 0 Å². The van der Waals surface area contributed by atoms with Crippen LogP contribution in [0, 0.1) is 12.7 Å². The van der Waals surface area contributed by atoms with E-state index in [1.807, 2.05) is 0 Å². The average Bonchev–Trinajstić information content (AvgIpc) is 2.77. The van der Waals surface area contributed by atoms with Crippen LogP contribution in [0.2, 0.25) is 5.02 Å². The number of rotatable bonds is 4. The molecule has 0 aliphatic heterocycles. The van der Waals surface area contributed by atoms with Gasteiger partial charge < -0.3 is 5.32 Å². The third-order valence-electron chi connectivity index (χ3n) is 2.82. The summed E-state index contributed by atoms with van der Waals surface area (Å²) in [6.45, 7) is 4.63. The van der Waals surface area contributed by atoms with E-state index in [1.54, 1.807) is 29.5 Å². The van der Waals surface area contributed by atoms with Crippen LogP contribution >= 0.6 is 22.9 Å². The Hall–Kier alpha value is -0.900. The molecule has 2 aromatic rings. The SMILES string of the molecule is Cc1ccc(C(C)NCc2cccc(Cl)c2F)s1. The minimum absolute atomic E-state index is 0.175. The van der Waals surface area contributed by atoms with E-state index in [0.717, 1.165) is 0 Å². The molecular formula is C14H15ClFNS. The fourth-order valence-electron chi connectivity index (χ4n) is 1.73. The Morgan fingerprint density at radius 2 is 2.11 bits per heavy atom. The van der Waals surface area contributed by atoms with Gasteiger partial charge in [0.15, 0.2) is 0 Å². The lowest BCUT2D eigenvalue weighted by Crippen LogP contribution is -2.17. The second-order valence-electron chi connectivity index (χ2n) is 4.26. The van der Waals surface area contributed by atoms with Gasteiger partial charge in [-0.05, 0) is 32.0 Å². The van der Waals surface area contributed by atoms with Crippen molar-refractivity contribution in [2.45, 2.75) is 26.4 Å². The summed E-state index contributed by atoms with van der Waals surface area (Å²) in [4.78, 5) is 2.54. The van der Waals surface area contributed by atoms with Gasteiger partial charge in [-0.15, -0.1) is 11.3 Å². The van der Waals surface area contributed by atoms with E-state index in [2.05, 4.69) is 31.3 Å². The number of thiophene rings is 1. The van der Waals surface area contributed by atoms with Crippen molar-refractivity contribution in [3.63, 3.8) is 0 Å². The van der Waals surface area contributed by atoms with E-state index in [-0.39, 0.29) is 16.9 Å². The van der Waals surface area contributed by atoms with Gasteiger partial charge in [-0.3, -0.25) is 0 Å². The topological polar surface area (TPSA) is 12.0 Å². The molecule has 0 saturated heterocycles. The Balaban J connectivity index is 2.01. The van der Waals surface area contributed by atoms with E-state index in [9.17, 15) is 4.39 Å². The first-order chi connectivity index (χ1) is 8.58. The molecule has 1 heterocycles. The summed E-state index contributed by atoms with van der Waals surface area (Å²) in [5.74, 6) is -0.332. The zero-order chi connectivity index (χ0) is 13.1. The molecule has 4 heteroatoms. The van der Waals surface area contributed by atoms with Gasteiger partial charge >= 0.3 is 0 Å². The highest BCUT2D eigenvalue weighted by atomic mass is 35.5. The molecule has 0 saturated carbocycles. The number of hydrogen-bond donors (Lipinski definition) is 1. The molecule has 0 aliphatic rings. The van der Waals surface area contributed by atoms with Crippen LogP contribution in [0.25, 0.3) is 0 Å². The van der Waals surface area contributed by atoms with Crippen LogP contribution in [0.15, 0.2) is 30.3 Å². The fourth-order valence-corrected chi connectivity index (χ4v) is 2.83. The minimum atomic E-state index is -0.332. The van der Waals surface area contributed by atoms with Crippen molar-refractivity contribution in [3.05, 3.63) is 56.5 Å². The van der Waals surface area contributed by atoms with Gasteiger partial charge in [-0.2, -0.15) is 0 Å². The maximum Gasteiger partial charge on any atom is 0.146 e. The molecule has 1 N–H and O–H groups in total. The van der Waals surface area contributed by atoms with E-state index in [1.165, 1.54) is 9.75 Å². The van der Waals surface area contributed by atoms with Crippen molar-refractivity contribution in [1.29, 1.82) is 0 Å². The van der Waals surface area contributed by atoms with E-state index in [0.29, 0.717) is 12.1 Å². The van der Waals surface area contributed by atoms with Crippen LogP contribution in [0.5, 0.6) is 0 Å². The Labute approximate surface area is 116 Å². The fraction of sp³-hybridized carbons (Fsp3) is 0.286. The zero-order valence-corrected chi connectivity index (χ0v) is 11.9. The first-order valence-electron chi connectivity index (χ1n) is 5.80. The van der Waals surface area contributed by atoms with Gasteiger partial charge in [0.05, 0.1) is 5.02 Å². The highest BCUT2D eigenvalue weighted by Crippen LogP contribution is 2.23. The van der Waals surface area contributed by atoms with E-state index >= 15 is 0 Å². The van der Waals surface area contributed by atoms with Gasteiger partial charge in [0.1, 0.15) is 5.82 Å². The Bertz CT molecular complexity index is 538. The van der Waals surface area contributed by atoms with Crippen LogP contribution in [0.1, 0.15) is 28.3 Å². The first-order valence-corrected chi connectivity index (χ1v) is 7.00. The second kappa shape index (κ2) is 5.83. The lowest BCUT2D eigenvalue weighted by molar-refractivity contribution is 0.549. The largest absolute Gasteiger partial charge is 0.305 e. The third kappa shape index (κ3) is 3.10. The average molecular weight is 284 g/mol. The number of halogens is 2. The Morgan fingerprint density at radius 3 is 2.78 bits per heavy atom. The van der Waals surface area contributed by atoms with Crippen molar-refractivity contribution in [2.75, 3.05) is 0 Å². The molecule has 18 heavy (non-hydrogen) atoms. The lowest BCUT2D eigenvalue weighted by Gasteiger charge is -2.12. The van der Waals surface area contributed by atoms with Crippen LogP contribution < -0.4 is 5.32 Å². The highest BCUT2D eigenvalue weighted by molar-refractivity contribution is 7.12. The predicted molar refractivity (Wildman–Crippen MR) is 75.7 cm³/mol. The van der Waals surface area contributed by atoms with Crippen molar-refractivity contribution in [3.8, 4) is 0 Å². The smallest absolute Gasteiger partial charge is 0.146 e. The van der Waals surface area contributed by atoms with Gasteiger partial charge in [0.25, 0.3) is 0 Å². The Morgan fingerprint density at radius 1 is 1.33 bits per heavy atom. The molecular weight excluding hydrogens is 269 g/mol. The molecule has 0 radical (unpaired) electrons. The molecule has 0 amide bonds. The van der Waals surface area contributed by atoms with Gasteiger partial charge in [-0.25, -0.2) is 4.39 Å². The van der Waals surface area contributed by atoms with Gasteiger partial charge in [-0.1, -0.05) is 23.7 Å². The number of nitrogens with one attached hydrogen (secondary N) is 1. The standard InChI is InChI=1S/C14H15ClFNS/c1-9-6-7-13(18-9)10(2)17-8-11-4-3-5-12(15)14(11)16/h3-7,10,17H,8H2,1-2H3. The summed E-state index contributed by atoms with van der Waals surface area (Å²) in [6.07, 6.45) is 0. The summed E-state index contributed by atoms with van der Waals surface area (Å²) in [5, 5.41) is 3.48. The number of aryl methyl sites for hydroxylation is 1. The molecule has 1 unspecified atom stereocenters. The molecule has 96 valence electrons. The summed E-state index contributed by atoms with van der Waals surface area (Å²) < 4.78 is 13.7. The van der Waals surface area contributed by atoms with Crippen molar-refractivity contribution < 1.29 is 4.39 Å². The highest BCUT2D eigenvalue weighted by Gasteiger charge is 2.10. The minimum Gasteiger partial charge on any atom is -0.305 e. The number of benzene rings is 1. The van der Waals surface area contributed by atoms with Crippen LogP contribution in [0.3, 0.4) is 0 Å². The van der Waals surface area contributed by atoms with Crippen LogP contribution in [-0.2, 0) is 6.54 Å². The summed E-state index contributed by atoms with van der Waals surface area (Å²) in [6, 6.07) is 9.49. The van der Waals surface area contributed by atoms with Gasteiger partial charge in [0, 0.05) is 27.9 Å². The van der Waals surface area contributed by atoms with Crippen molar-refractivity contribution >= 4 is 22.9 Å². The Kier molecular flexibility index (Phi) is 4.38. The first kappa shape index (κ1) is 13.5. The van der Waals surface area contributed by atoms with E-state index < -0.39 is 0 Å². The van der Waals surface area contributed by atoms with E-state index in [4.69, 9.17) is 11.6 Å². The van der Waals surface area contributed by atoms with Crippen molar-refractivity contribution in [2.24, 2.45) is 0 Å².